The number of carbonyl (C=O) groups excluding carboxylic acids is 4. The Morgan fingerprint density at radius 3 is 2.64 bits per heavy atom. The zero-order valence-electron chi connectivity index (χ0n) is 18.2. The molecule has 2 heterocycles. The monoisotopic (exact) mass is 448 g/mol. The van der Waals surface area contributed by atoms with E-state index >= 15 is 0 Å². The van der Waals surface area contributed by atoms with Crippen LogP contribution in [-0.2, 0) is 39.3 Å². The lowest BCUT2D eigenvalue weighted by atomic mass is 9.94. The summed E-state index contributed by atoms with van der Waals surface area (Å²) in [6.45, 7) is 0.663. The first-order valence-electron chi connectivity index (χ1n) is 10.9. The molecule has 2 aromatic carbocycles. The van der Waals surface area contributed by atoms with Crippen LogP contribution >= 0.6 is 0 Å². The van der Waals surface area contributed by atoms with Gasteiger partial charge in [0.25, 0.3) is 5.91 Å². The van der Waals surface area contributed by atoms with Gasteiger partial charge in [-0.25, -0.2) is 14.5 Å². The van der Waals surface area contributed by atoms with Crippen molar-refractivity contribution in [1.29, 1.82) is 0 Å². The number of hydrogen-bond donors (Lipinski definition) is 2. The van der Waals surface area contributed by atoms with E-state index in [1.165, 1.54) is 12.6 Å². The standard InChI is InChI=1S/C24H24N4O5/c1-25-22(31)26-18-6-7-19-16(12-18)8-10-24(19)21(30)28(23(32)33-24)14-20(29)27-11-9-15-4-2-3-5-17(15)13-27/h2-7,12H,8-11,13-14H2,1H3,(H2,25,26,31). The number of hydrogen-bond acceptors (Lipinski definition) is 5. The van der Waals surface area contributed by atoms with Gasteiger partial charge in [-0.3, -0.25) is 9.59 Å². The third-order valence-corrected chi connectivity index (χ3v) is 6.62. The smallest absolute Gasteiger partial charge is 0.418 e. The van der Waals surface area contributed by atoms with Crippen LogP contribution in [0, 0.1) is 0 Å². The van der Waals surface area contributed by atoms with E-state index in [1.807, 2.05) is 18.2 Å². The summed E-state index contributed by atoms with van der Waals surface area (Å²) >= 11 is 0. The Balaban J connectivity index is 1.32. The molecule has 1 saturated heterocycles. The third-order valence-electron chi connectivity index (χ3n) is 6.62. The number of carbonyl (C=O) groups is 4. The van der Waals surface area contributed by atoms with Crippen LogP contribution in [0.4, 0.5) is 15.3 Å². The Bertz CT molecular complexity index is 1180. The summed E-state index contributed by atoms with van der Waals surface area (Å²) in [7, 11) is 1.52. The minimum atomic E-state index is -1.41. The molecule has 2 aliphatic heterocycles. The van der Waals surface area contributed by atoms with Crippen LogP contribution in [0.5, 0.6) is 0 Å². The molecule has 1 aliphatic carbocycles. The van der Waals surface area contributed by atoms with E-state index in [-0.39, 0.29) is 18.5 Å². The van der Waals surface area contributed by atoms with Gasteiger partial charge in [0, 0.05) is 37.8 Å². The van der Waals surface area contributed by atoms with E-state index in [0.717, 1.165) is 22.4 Å². The maximum Gasteiger partial charge on any atom is 0.418 e. The Labute approximate surface area is 190 Å². The van der Waals surface area contributed by atoms with Crippen molar-refractivity contribution in [2.75, 3.05) is 25.5 Å². The first-order chi connectivity index (χ1) is 15.9. The highest BCUT2D eigenvalue weighted by Crippen LogP contribution is 2.46. The lowest BCUT2D eigenvalue weighted by molar-refractivity contribution is -0.142. The second-order valence-electron chi connectivity index (χ2n) is 8.50. The highest BCUT2D eigenvalue weighted by Gasteiger charge is 2.58. The molecule has 5 rings (SSSR count). The van der Waals surface area contributed by atoms with Crippen molar-refractivity contribution in [2.24, 2.45) is 0 Å². The van der Waals surface area contributed by atoms with Crippen LogP contribution in [0.15, 0.2) is 42.5 Å². The molecular weight excluding hydrogens is 424 g/mol. The molecule has 1 fully saturated rings. The molecule has 9 nitrogen and oxygen atoms in total. The molecular formula is C24H24N4O5. The fraction of sp³-hybridized carbons (Fsp3) is 0.333. The van der Waals surface area contributed by atoms with E-state index in [9.17, 15) is 19.2 Å². The number of amides is 5. The van der Waals surface area contributed by atoms with Crippen LogP contribution in [-0.4, -0.2) is 53.9 Å². The number of imide groups is 1. The number of nitrogens with zero attached hydrogens (tertiary/aromatic N) is 2. The summed E-state index contributed by atoms with van der Waals surface area (Å²) < 4.78 is 5.61. The van der Waals surface area contributed by atoms with Crippen molar-refractivity contribution in [2.45, 2.75) is 31.4 Å². The molecule has 0 saturated carbocycles. The van der Waals surface area contributed by atoms with Crippen molar-refractivity contribution < 1.29 is 23.9 Å². The molecule has 170 valence electrons. The lowest BCUT2D eigenvalue weighted by Gasteiger charge is -2.29. The van der Waals surface area contributed by atoms with Gasteiger partial charge in [-0.2, -0.15) is 0 Å². The van der Waals surface area contributed by atoms with E-state index in [2.05, 4.69) is 16.7 Å². The molecule has 1 atom stereocenters. The Hall–Kier alpha value is -3.88. The van der Waals surface area contributed by atoms with E-state index in [0.29, 0.717) is 37.2 Å². The first kappa shape index (κ1) is 21.0. The Kier molecular flexibility index (Phi) is 5.03. The quantitative estimate of drug-likeness (QED) is 0.748. The first-order valence-corrected chi connectivity index (χ1v) is 10.9. The van der Waals surface area contributed by atoms with Crippen LogP contribution < -0.4 is 10.6 Å². The molecule has 1 unspecified atom stereocenters. The molecule has 0 radical (unpaired) electrons. The van der Waals surface area contributed by atoms with Crippen LogP contribution in [0.3, 0.4) is 0 Å². The molecule has 5 amide bonds. The molecule has 1 spiro atoms. The number of benzene rings is 2. The second-order valence-corrected chi connectivity index (χ2v) is 8.50. The van der Waals surface area contributed by atoms with Gasteiger partial charge in [0.2, 0.25) is 11.5 Å². The summed E-state index contributed by atoms with van der Waals surface area (Å²) in [4.78, 5) is 53.2. The van der Waals surface area contributed by atoms with Crippen molar-refractivity contribution >= 4 is 29.6 Å². The largest absolute Gasteiger partial charge is 0.427 e. The maximum absolute atomic E-state index is 13.4. The average molecular weight is 448 g/mol. The van der Waals surface area contributed by atoms with Crippen LogP contribution in [0.1, 0.15) is 28.7 Å². The van der Waals surface area contributed by atoms with Gasteiger partial charge in [0.1, 0.15) is 6.54 Å². The average Bonchev–Trinajstić information content (AvgIpc) is 3.30. The van der Waals surface area contributed by atoms with Crippen molar-refractivity contribution in [3.8, 4) is 0 Å². The summed E-state index contributed by atoms with van der Waals surface area (Å²) in [5, 5.41) is 5.18. The number of aryl methyl sites for hydroxylation is 1. The molecule has 2 aromatic rings. The third kappa shape index (κ3) is 3.49. The number of rotatable bonds is 3. The minimum Gasteiger partial charge on any atom is -0.427 e. The van der Waals surface area contributed by atoms with Crippen LogP contribution in [0.2, 0.25) is 0 Å². The topological polar surface area (TPSA) is 108 Å². The number of ether oxygens (including phenoxy) is 1. The summed E-state index contributed by atoms with van der Waals surface area (Å²) in [5.41, 5.74) is 2.89. The minimum absolute atomic E-state index is 0.282. The van der Waals surface area contributed by atoms with Gasteiger partial charge in [-0.15, -0.1) is 0 Å². The fourth-order valence-electron chi connectivity index (χ4n) is 4.87. The fourth-order valence-corrected chi connectivity index (χ4v) is 4.87. The SMILES string of the molecule is CNC(=O)Nc1ccc2c(c1)CCC21OC(=O)N(CC(=O)N2CCc3ccccc3C2)C1=O. The Morgan fingerprint density at radius 1 is 1.06 bits per heavy atom. The zero-order chi connectivity index (χ0) is 23.2. The second kappa shape index (κ2) is 7.91. The molecule has 0 aromatic heterocycles. The normalized spacial score (nSPS) is 21.0. The van der Waals surface area contributed by atoms with Gasteiger partial charge >= 0.3 is 12.1 Å². The molecule has 0 bridgehead atoms. The highest BCUT2D eigenvalue weighted by molar-refractivity contribution is 6.06. The highest BCUT2D eigenvalue weighted by atomic mass is 16.6. The van der Waals surface area contributed by atoms with E-state index in [1.54, 1.807) is 23.1 Å². The van der Waals surface area contributed by atoms with Crippen molar-refractivity contribution in [1.82, 2.24) is 15.1 Å². The predicted molar refractivity (Wildman–Crippen MR) is 118 cm³/mol. The molecule has 3 aliphatic rings. The van der Waals surface area contributed by atoms with Crippen molar-refractivity contribution in [3.05, 3.63) is 64.7 Å². The maximum atomic E-state index is 13.4. The summed E-state index contributed by atoms with van der Waals surface area (Å²) in [5.74, 6) is -0.792. The van der Waals surface area contributed by atoms with Crippen molar-refractivity contribution in [3.63, 3.8) is 0 Å². The number of nitrogens with one attached hydrogen (secondary N) is 2. The lowest BCUT2D eigenvalue weighted by Crippen LogP contribution is -2.45. The molecule has 9 heteroatoms. The predicted octanol–water partition coefficient (Wildman–Crippen LogP) is 2.14. The van der Waals surface area contributed by atoms with Gasteiger partial charge in [0.15, 0.2) is 0 Å². The number of urea groups is 1. The number of anilines is 1. The summed E-state index contributed by atoms with van der Waals surface area (Å²) in [6.07, 6.45) is 0.760. The van der Waals surface area contributed by atoms with E-state index in [4.69, 9.17) is 4.74 Å². The molecule has 33 heavy (non-hydrogen) atoms. The van der Waals surface area contributed by atoms with Crippen LogP contribution in [0.25, 0.3) is 0 Å². The number of fused-ring (bicyclic) bond motifs is 3. The summed E-state index contributed by atoms with van der Waals surface area (Å²) in [6, 6.07) is 12.7. The van der Waals surface area contributed by atoms with Gasteiger partial charge in [-0.05, 0) is 41.7 Å². The zero-order valence-corrected chi connectivity index (χ0v) is 18.2. The molecule has 2 N–H and O–H groups in total. The van der Waals surface area contributed by atoms with Gasteiger partial charge in [-0.1, -0.05) is 30.3 Å². The van der Waals surface area contributed by atoms with E-state index < -0.39 is 17.6 Å². The Morgan fingerprint density at radius 2 is 1.85 bits per heavy atom. The van der Waals surface area contributed by atoms with Gasteiger partial charge < -0.3 is 20.3 Å². The van der Waals surface area contributed by atoms with Gasteiger partial charge in [0.05, 0.1) is 0 Å².